The maximum Gasteiger partial charge on any atom is 0.272 e. The van der Waals surface area contributed by atoms with Gasteiger partial charge in [-0.25, -0.2) is 8.42 Å². The van der Waals surface area contributed by atoms with Crippen molar-refractivity contribution in [3.8, 4) is 0 Å². The summed E-state index contributed by atoms with van der Waals surface area (Å²) in [6.07, 6.45) is 0. The highest BCUT2D eigenvalue weighted by molar-refractivity contribution is 7.91. The molecule has 0 atom stereocenters. The number of nitrogens with zero attached hydrogens (tertiary/aromatic N) is 3. The number of nitrogens with two attached hydrogens (primary N) is 1. The molecule has 2 rings (SSSR count). The van der Waals surface area contributed by atoms with Crippen LogP contribution in [0.5, 0.6) is 0 Å². The highest BCUT2D eigenvalue weighted by Gasteiger charge is 2.26. The van der Waals surface area contributed by atoms with Crippen LogP contribution >= 0.6 is 11.3 Å². The minimum Gasteiger partial charge on any atom is -0.465 e. The number of aryl methyl sites for hydroxylation is 1. The summed E-state index contributed by atoms with van der Waals surface area (Å²) in [5.41, 5.74) is 5.37. The van der Waals surface area contributed by atoms with Crippen LogP contribution in [0.2, 0.25) is 0 Å². The van der Waals surface area contributed by atoms with Gasteiger partial charge in [0, 0.05) is 7.05 Å². The SMILES string of the molecule is Cc1ccc(CN(C)S(=O)(=O)c2nnc(N)s2)o1. The number of sulfonamides is 1. The van der Waals surface area contributed by atoms with Gasteiger partial charge >= 0.3 is 0 Å². The first-order valence-corrected chi connectivity index (χ1v) is 7.26. The second-order valence-corrected chi connectivity index (χ2v) is 6.91. The number of aromatic nitrogens is 2. The monoisotopic (exact) mass is 288 g/mol. The van der Waals surface area contributed by atoms with E-state index in [1.165, 1.54) is 7.05 Å². The van der Waals surface area contributed by atoms with E-state index in [1.54, 1.807) is 19.1 Å². The molecule has 2 aromatic heterocycles. The molecule has 98 valence electrons. The number of nitrogen functional groups attached to an aromatic ring is 1. The second kappa shape index (κ2) is 4.67. The Morgan fingerprint density at radius 3 is 2.67 bits per heavy atom. The molecule has 0 amide bonds. The fourth-order valence-corrected chi connectivity index (χ4v) is 3.44. The molecule has 7 nitrogen and oxygen atoms in total. The van der Waals surface area contributed by atoms with Crippen LogP contribution in [-0.4, -0.2) is 30.0 Å². The van der Waals surface area contributed by atoms with Gasteiger partial charge in [-0.1, -0.05) is 11.3 Å². The minimum atomic E-state index is -3.67. The van der Waals surface area contributed by atoms with Gasteiger partial charge in [0.05, 0.1) is 6.54 Å². The molecule has 0 saturated carbocycles. The largest absolute Gasteiger partial charge is 0.465 e. The van der Waals surface area contributed by atoms with Crippen molar-refractivity contribution in [2.24, 2.45) is 0 Å². The first kappa shape index (κ1) is 13.0. The van der Waals surface area contributed by atoms with Crippen LogP contribution in [-0.2, 0) is 16.6 Å². The predicted molar refractivity (Wildman–Crippen MR) is 66.4 cm³/mol. The van der Waals surface area contributed by atoms with Gasteiger partial charge in [-0.2, -0.15) is 4.31 Å². The molecule has 0 aliphatic heterocycles. The minimum absolute atomic E-state index is 0.120. The topological polar surface area (TPSA) is 102 Å². The number of furan rings is 1. The summed E-state index contributed by atoms with van der Waals surface area (Å²) in [6, 6.07) is 3.51. The van der Waals surface area contributed by atoms with E-state index in [-0.39, 0.29) is 16.0 Å². The Labute approximate surface area is 108 Å². The summed E-state index contributed by atoms with van der Waals surface area (Å²) in [5.74, 6) is 1.30. The summed E-state index contributed by atoms with van der Waals surface area (Å²) in [6.45, 7) is 1.93. The van der Waals surface area contributed by atoms with Crippen molar-refractivity contribution in [1.82, 2.24) is 14.5 Å². The lowest BCUT2D eigenvalue weighted by Crippen LogP contribution is -2.26. The second-order valence-electron chi connectivity index (χ2n) is 3.68. The van der Waals surface area contributed by atoms with Gasteiger partial charge in [0.15, 0.2) is 0 Å². The predicted octanol–water partition coefficient (Wildman–Crippen LogP) is 0.842. The average molecular weight is 288 g/mol. The van der Waals surface area contributed by atoms with E-state index in [1.807, 2.05) is 0 Å². The smallest absolute Gasteiger partial charge is 0.272 e. The maximum absolute atomic E-state index is 12.1. The Balaban J connectivity index is 2.20. The lowest BCUT2D eigenvalue weighted by atomic mass is 10.4. The maximum atomic E-state index is 12.1. The molecule has 9 heteroatoms. The first-order valence-electron chi connectivity index (χ1n) is 5.00. The van der Waals surface area contributed by atoms with Crippen molar-refractivity contribution >= 4 is 26.5 Å². The summed E-state index contributed by atoms with van der Waals surface area (Å²) < 4.78 is 30.5. The summed E-state index contributed by atoms with van der Waals surface area (Å²) in [4.78, 5) is 0. The van der Waals surface area contributed by atoms with Crippen molar-refractivity contribution in [3.63, 3.8) is 0 Å². The molecule has 0 saturated heterocycles. The zero-order valence-electron chi connectivity index (χ0n) is 9.82. The number of anilines is 1. The van der Waals surface area contributed by atoms with Crippen molar-refractivity contribution in [2.75, 3.05) is 12.8 Å². The molecular weight excluding hydrogens is 276 g/mol. The third kappa shape index (κ3) is 2.52. The standard InChI is InChI=1S/C9H12N4O3S2/c1-6-3-4-7(16-6)5-13(2)18(14,15)9-12-11-8(10)17-9/h3-4H,5H2,1-2H3,(H2,10,11). The zero-order valence-corrected chi connectivity index (χ0v) is 11.5. The molecule has 0 fully saturated rings. The fraction of sp³-hybridized carbons (Fsp3) is 0.333. The van der Waals surface area contributed by atoms with Crippen molar-refractivity contribution in [2.45, 2.75) is 17.8 Å². The molecule has 2 aromatic rings. The number of hydrogen-bond donors (Lipinski definition) is 1. The highest BCUT2D eigenvalue weighted by atomic mass is 32.2. The molecule has 0 aliphatic carbocycles. The summed E-state index contributed by atoms with van der Waals surface area (Å²) in [7, 11) is -2.22. The molecule has 2 heterocycles. The van der Waals surface area contributed by atoms with Crippen molar-refractivity contribution < 1.29 is 12.8 Å². The molecular formula is C9H12N4O3S2. The van der Waals surface area contributed by atoms with Gasteiger partial charge in [0.1, 0.15) is 11.5 Å². The Morgan fingerprint density at radius 2 is 2.17 bits per heavy atom. The molecule has 0 spiro atoms. The van der Waals surface area contributed by atoms with E-state index >= 15 is 0 Å². The third-order valence-electron chi connectivity index (χ3n) is 2.23. The van der Waals surface area contributed by atoms with Crippen LogP contribution in [0.15, 0.2) is 20.9 Å². The molecule has 0 radical (unpaired) electrons. The van der Waals surface area contributed by atoms with Crippen molar-refractivity contribution in [3.05, 3.63) is 23.7 Å². The van der Waals surface area contributed by atoms with Gasteiger partial charge in [0.2, 0.25) is 9.47 Å². The van der Waals surface area contributed by atoms with Gasteiger partial charge in [-0.3, -0.25) is 0 Å². The third-order valence-corrected chi connectivity index (χ3v) is 5.13. The van der Waals surface area contributed by atoms with E-state index in [2.05, 4.69) is 10.2 Å². The van der Waals surface area contributed by atoms with Gasteiger partial charge in [0.25, 0.3) is 10.0 Å². The Morgan fingerprint density at radius 1 is 1.44 bits per heavy atom. The van der Waals surface area contributed by atoms with Crippen LogP contribution in [0.3, 0.4) is 0 Å². The van der Waals surface area contributed by atoms with E-state index in [0.717, 1.165) is 21.4 Å². The summed E-state index contributed by atoms with van der Waals surface area (Å²) >= 11 is 0.834. The average Bonchev–Trinajstić information content (AvgIpc) is 2.88. The molecule has 18 heavy (non-hydrogen) atoms. The van der Waals surface area contributed by atoms with Crippen molar-refractivity contribution in [1.29, 1.82) is 0 Å². The van der Waals surface area contributed by atoms with Crippen LogP contribution < -0.4 is 5.73 Å². The van der Waals surface area contributed by atoms with Gasteiger partial charge in [-0.05, 0) is 19.1 Å². The van der Waals surface area contributed by atoms with E-state index in [4.69, 9.17) is 10.2 Å². The van der Waals surface area contributed by atoms with E-state index < -0.39 is 10.0 Å². The lowest BCUT2D eigenvalue weighted by Gasteiger charge is -2.12. The molecule has 0 unspecified atom stereocenters. The van der Waals surface area contributed by atoms with Crippen LogP contribution in [0.4, 0.5) is 5.13 Å². The zero-order chi connectivity index (χ0) is 13.3. The molecule has 0 aromatic carbocycles. The molecule has 2 N–H and O–H groups in total. The first-order chi connectivity index (χ1) is 8.39. The normalized spacial score (nSPS) is 12.2. The quantitative estimate of drug-likeness (QED) is 0.894. The Bertz CT molecular complexity index is 646. The fourth-order valence-electron chi connectivity index (χ4n) is 1.33. The summed E-state index contributed by atoms with van der Waals surface area (Å²) in [5, 5.41) is 7.15. The number of hydrogen-bond acceptors (Lipinski definition) is 7. The molecule has 0 bridgehead atoms. The van der Waals surface area contributed by atoms with Gasteiger partial charge < -0.3 is 10.2 Å². The van der Waals surface area contributed by atoms with E-state index in [9.17, 15) is 8.42 Å². The number of rotatable bonds is 4. The Kier molecular flexibility index (Phi) is 3.37. The van der Waals surface area contributed by atoms with Crippen LogP contribution in [0.25, 0.3) is 0 Å². The molecule has 0 aliphatic rings. The lowest BCUT2D eigenvalue weighted by molar-refractivity contribution is 0.397. The van der Waals surface area contributed by atoms with Crippen LogP contribution in [0.1, 0.15) is 11.5 Å². The van der Waals surface area contributed by atoms with Crippen LogP contribution in [0, 0.1) is 6.92 Å². The van der Waals surface area contributed by atoms with E-state index in [0.29, 0.717) is 5.76 Å². The van der Waals surface area contributed by atoms with Gasteiger partial charge in [-0.15, -0.1) is 10.2 Å². The highest BCUT2D eigenvalue weighted by Crippen LogP contribution is 2.21. The Hall–Kier alpha value is -1.45.